The Kier molecular flexibility index (Phi) is 6.80. The Morgan fingerprint density at radius 3 is 2.50 bits per heavy atom. The molecule has 8 nitrogen and oxygen atoms in total. The second kappa shape index (κ2) is 10.1. The van der Waals surface area contributed by atoms with Gasteiger partial charge in [0.05, 0.1) is 12.8 Å². The van der Waals surface area contributed by atoms with Gasteiger partial charge in [-0.15, -0.1) is 0 Å². The fourth-order valence-corrected chi connectivity index (χ4v) is 5.97. The quantitative estimate of drug-likeness (QED) is 0.371. The van der Waals surface area contributed by atoms with E-state index >= 15 is 4.39 Å². The first-order chi connectivity index (χ1) is 18.2. The van der Waals surface area contributed by atoms with Crippen LogP contribution in [-0.4, -0.2) is 40.9 Å². The lowest BCUT2D eigenvalue weighted by Crippen LogP contribution is -2.39. The van der Waals surface area contributed by atoms with Crippen molar-refractivity contribution in [3.8, 4) is 22.6 Å². The topological polar surface area (TPSA) is 94.4 Å². The van der Waals surface area contributed by atoms with Gasteiger partial charge in [-0.3, -0.25) is 9.36 Å². The number of sulfonamides is 1. The third kappa shape index (κ3) is 4.82. The van der Waals surface area contributed by atoms with E-state index in [9.17, 15) is 17.6 Å². The molecule has 11 heteroatoms. The molecule has 0 saturated heterocycles. The minimum Gasteiger partial charge on any atom is -0.495 e. The second-order valence-electron chi connectivity index (χ2n) is 8.95. The molecule has 0 radical (unpaired) electrons. The number of aryl methyl sites for hydroxylation is 1. The summed E-state index contributed by atoms with van der Waals surface area (Å²) in [7, 11) is -2.31. The Hall–Kier alpha value is -3.96. The Balaban J connectivity index is 1.53. The normalized spacial score (nSPS) is 13.8. The molecule has 0 N–H and O–H groups in total. The summed E-state index contributed by atoms with van der Waals surface area (Å²) >= 11 is 0. The predicted octanol–water partition coefficient (Wildman–Crippen LogP) is 3.78. The highest BCUT2D eigenvalue weighted by molar-refractivity contribution is 7.88. The summed E-state index contributed by atoms with van der Waals surface area (Å²) in [6.07, 6.45) is 3.19. The van der Waals surface area contributed by atoms with Crippen LogP contribution in [0.25, 0.3) is 16.8 Å². The molecule has 0 amide bonds. The number of nitrogens with zero attached hydrogens (tertiary/aromatic N) is 4. The molecule has 196 valence electrons. The highest BCUT2D eigenvalue weighted by atomic mass is 32.2. The van der Waals surface area contributed by atoms with Gasteiger partial charge >= 0.3 is 0 Å². The highest BCUT2D eigenvalue weighted by Gasteiger charge is 2.30. The van der Waals surface area contributed by atoms with E-state index in [1.54, 1.807) is 25.1 Å². The zero-order chi connectivity index (χ0) is 27.0. The van der Waals surface area contributed by atoms with Crippen molar-refractivity contribution < 1.29 is 21.9 Å². The summed E-state index contributed by atoms with van der Waals surface area (Å²) < 4.78 is 63.5. The molecule has 2 aromatic carbocycles. The summed E-state index contributed by atoms with van der Waals surface area (Å²) in [5, 5.41) is 0. The van der Waals surface area contributed by atoms with Gasteiger partial charge in [0.1, 0.15) is 29.0 Å². The molecule has 0 unspecified atom stereocenters. The smallest absolute Gasteiger partial charge is 0.255 e. The van der Waals surface area contributed by atoms with Gasteiger partial charge in [-0.2, -0.15) is 4.31 Å². The number of halogens is 2. The van der Waals surface area contributed by atoms with Crippen LogP contribution in [0.4, 0.5) is 8.78 Å². The van der Waals surface area contributed by atoms with E-state index in [2.05, 4.69) is 9.97 Å². The minimum absolute atomic E-state index is 0.0442. The lowest BCUT2D eigenvalue weighted by molar-refractivity contribution is 0.381. The molecule has 1 aliphatic rings. The number of hydrogen-bond donors (Lipinski definition) is 0. The van der Waals surface area contributed by atoms with Crippen LogP contribution in [0.5, 0.6) is 5.75 Å². The maximum Gasteiger partial charge on any atom is 0.255 e. The predicted molar refractivity (Wildman–Crippen MR) is 137 cm³/mol. The number of benzene rings is 2. The molecule has 5 rings (SSSR count). The molecule has 1 aliphatic heterocycles. The van der Waals surface area contributed by atoms with Crippen molar-refractivity contribution >= 4 is 10.0 Å². The summed E-state index contributed by atoms with van der Waals surface area (Å²) in [5.41, 5.74) is 2.03. The van der Waals surface area contributed by atoms with Crippen molar-refractivity contribution in [2.24, 2.45) is 0 Å². The Labute approximate surface area is 218 Å². The van der Waals surface area contributed by atoms with Gasteiger partial charge in [0.15, 0.2) is 0 Å². The van der Waals surface area contributed by atoms with Crippen LogP contribution in [0.1, 0.15) is 22.6 Å². The molecule has 4 aromatic rings. The number of hydrogen-bond acceptors (Lipinski definition) is 6. The van der Waals surface area contributed by atoms with Gasteiger partial charge in [-0.1, -0.05) is 12.1 Å². The lowest BCUT2D eigenvalue weighted by atomic mass is 10.0. The zero-order valence-electron chi connectivity index (χ0n) is 20.7. The standard InChI is InChI=1S/C27H24F2N4O4S/c1-17-12-18(4-6-21(17)28)20-13-25(37-2)24(14-22(20)29)33-23-8-11-32(15-19(23)5-7-27(33)34)38(35,36)16-26-30-9-3-10-31-26/h3-7,9-10,12-14H,8,11,15-16H2,1-2H3. The first-order valence-corrected chi connectivity index (χ1v) is 13.4. The monoisotopic (exact) mass is 538 g/mol. The Bertz CT molecular complexity index is 1690. The fraction of sp³-hybridized carbons (Fsp3) is 0.222. The van der Waals surface area contributed by atoms with Gasteiger partial charge in [-0.25, -0.2) is 27.2 Å². The summed E-state index contributed by atoms with van der Waals surface area (Å²) in [5.74, 6) is -0.909. The first-order valence-electron chi connectivity index (χ1n) is 11.8. The molecule has 0 bridgehead atoms. The summed E-state index contributed by atoms with van der Waals surface area (Å²) in [6, 6.07) is 11.5. The SMILES string of the molecule is COc1cc(-c2ccc(F)c(C)c2)c(F)cc1-n1c2c(ccc1=O)CN(S(=O)(=O)Cc1ncccn1)CC2. The number of aromatic nitrogens is 3. The molecule has 0 aliphatic carbocycles. The summed E-state index contributed by atoms with van der Waals surface area (Å²) in [6.45, 7) is 1.76. The Morgan fingerprint density at radius 1 is 1.03 bits per heavy atom. The molecule has 0 atom stereocenters. The van der Waals surface area contributed by atoms with Crippen molar-refractivity contribution in [3.05, 3.63) is 106 Å². The van der Waals surface area contributed by atoms with E-state index in [-0.39, 0.29) is 48.1 Å². The average molecular weight is 539 g/mol. The molecule has 3 heterocycles. The minimum atomic E-state index is -3.72. The maximum absolute atomic E-state index is 15.4. The van der Waals surface area contributed by atoms with E-state index in [0.29, 0.717) is 22.4 Å². The third-order valence-electron chi connectivity index (χ3n) is 6.54. The van der Waals surface area contributed by atoms with E-state index in [4.69, 9.17) is 4.74 Å². The van der Waals surface area contributed by atoms with Crippen molar-refractivity contribution in [1.29, 1.82) is 0 Å². The summed E-state index contributed by atoms with van der Waals surface area (Å²) in [4.78, 5) is 21.0. The van der Waals surface area contributed by atoms with Gasteiger partial charge in [0.2, 0.25) is 10.0 Å². The van der Waals surface area contributed by atoms with Crippen LogP contribution in [0.2, 0.25) is 0 Å². The molecular weight excluding hydrogens is 514 g/mol. The van der Waals surface area contributed by atoms with Crippen LogP contribution in [0, 0.1) is 18.6 Å². The molecule has 0 spiro atoms. The van der Waals surface area contributed by atoms with Crippen LogP contribution in [0.3, 0.4) is 0 Å². The average Bonchev–Trinajstić information content (AvgIpc) is 2.90. The van der Waals surface area contributed by atoms with Gasteiger partial charge < -0.3 is 4.74 Å². The third-order valence-corrected chi connectivity index (χ3v) is 8.26. The number of methoxy groups -OCH3 is 1. The number of rotatable bonds is 6. The van der Waals surface area contributed by atoms with Crippen molar-refractivity contribution in [2.45, 2.75) is 25.6 Å². The van der Waals surface area contributed by atoms with Gasteiger partial charge in [-0.05, 0) is 47.9 Å². The maximum atomic E-state index is 15.4. The van der Waals surface area contributed by atoms with E-state index in [0.717, 1.165) is 0 Å². The second-order valence-corrected chi connectivity index (χ2v) is 10.9. The van der Waals surface area contributed by atoms with E-state index < -0.39 is 27.2 Å². The van der Waals surface area contributed by atoms with E-state index in [1.165, 1.54) is 58.7 Å². The van der Waals surface area contributed by atoms with Crippen molar-refractivity contribution in [2.75, 3.05) is 13.7 Å². The fourth-order valence-electron chi connectivity index (χ4n) is 4.61. The van der Waals surface area contributed by atoms with Crippen LogP contribution < -0.4 is 10.3 Å². The number of ether oxygens (including phenoxy) is 1. The molecule has 2 aromatic heterocycles. The highest BCUT2D eigenvalue weighted by Crippen LogP contribution is 2.34. The van der Waals surface area contributed by atoms with Crippen LogP contribution >= 0.6 is 0 Å². The van der Waals surface area contributed by atoms with Crippen LogP contribution in [-0.2, 0) is 28.7 Å². The molecule has 0 saturated carbocycles. The zero-order valence-corrected chi connectivity index (χ0v) is 21.5. The Morgan fingerprint density at radius 2 is 1.79 bits per heavy atom. The van der Waals surface area contributed by atoms with Gasteiger partial charge in [0, 0.05) is 55.3 Å². The first kappa shape index (κ1) is 25.7. The molecule has 0 fully saturated rings. The molecular formula is C27H24F2N4O4S. The van der Waals surface area contributed by atoms with Crippen molar-refractivity contribution in [3.63, 3.8) is 0 Å². The number of fused-ring (bicyclic) bond motifs is 1. The number of pyridine rings is 1. The lowest BCUT2D eigenvalue weighted by Gasteiger charge is -2.30. The molecule has 38 heavy (non-hydrogen) atoms. The van der Waals surface area contributed by atoms with Gasteiger partial charge in [0.25, 0.3) is 5.56 Å². The van der Waals surface area contributed by atoms with Crippen LogP contribution in [0.15, 0.2) is 65.7 Å². The largest absolute Gasteiger partial charge is 0.495 e. The van der Waals surface area contributed by atoms with Crippen molar-refractivity contribution in [1.82, 2.24) is 18.8 Å². The van der Waals surface area contributed by atoms with E-state index in [1.807, 2.05) is 0 Å².